The molecule has 0 aliphatic rings. The molecule has 0 aromatic heterocycles. The van der Waals surface area contributed by atoms with E-state index in [-0.39, 0.29) is 11.8 Å². The van der Waals surface area contributed by atoms with E-state index < -0.39 is 60.7 Å². The van der Waals surface area contributed by atoms with Gasteiger partial charge in [-0.1, -0.05) is 27.7 Å². The Balaban J connectivity index is 4.85. The molecule has 160 valence electrons. The average molecular weight is 401 g/mol. The van der Waals surface area contributed by atoms with E-state index in [1.807, 2.05) is 13.8 Å². The summed E-state index contributed by atoms with van der Waals surface area (Å²) in [5.41, 5.74) is 10.7. The molecule has 0 radical (unpaired) electrons. The Hall–Kier alpha value is -2.69. The zero-order valence-electron chi connectivity index (χ0n) is 16.7. The molecule has 3 unspecified atom stereocenters. The van der Waals surface area contributed by atoms with Gasteiger partial charge in [-0.25, -0.2) is 4.79 Å². The van der Waals surface area contributed by atoms with Crippen LogP contribution in [0.5, 0.6) is 0 Å². The van der Waals surface area contributed by atoms with Crippen LogP contribution >= 0.6 is 0 Å². The van der Waals surface area contributed by atoms with Crippen LogP contribution in [0.15, 0.2) is 0 Å². The summed E-state index contributed by atoms with van der Waals surface area (Å²) in [4.78, 5) is 58.2. The Morgan fingerprint density at radius 3 is 1.93 bits per heavy atom. The summed E-state index contributed by atoms with van der Waals surface area (Å²) in [6.45, 7) is 6.75. The highest BCUT2D eigenvalue weighted by molar-refractivity contribution is 5.93. The Labute approximate surface area is 164 Å². The summed E-state index contributed by atoms with van der Waals surface area (Å²) in [6, 6.07) is -3.17. The number of carboxylic acids is 1. The third kappa shape index (κ3) is 9.86. The van der Waals surface area contributed by atoms with Crippen molar-refractivity contribution in [3.63, 3.8) is 0 Å². The molecule has 0 aliphatic heterocycles. The first-order valence-corrected chi connectivity index (χ1v) is 8.99. The van der Waals surface area contributed by atoms with Crippen molar-refractivity contribution >= 4 is 29.6 Å². The number of aliphatic carboxylic acids is 1. The number of carbonyl (C=O) groups excluding carboxylic acids is 4. The molecule has 11 nitrogen and oxygen atoms in total. The van der Waals surface area contributed by atoms with E-state index in [0.717, 1.165) is 0 Å². The number of hydrogen-bond donors (Lipinski definition) is 6. The van der Waals surface area contributed by atoms with E-state index in [2.05, 4.69) is 16.0 Å². The number of carbonyl (C=O) groups is 5. The Kier molecular flexibility index (Phi) is 10.8. The molecule has 0 saturated carbocycles. The van der Waals surface area contributed by atoms with Crippen LogP contribution in [0.25, 0.3) is 0 Å². The molecule has 11 heteroatoms. The molecule has 0 heterocycles. The molecule has 0 spiro atoms. The molecule has 8 N–H and O–H groups in total. The number of nitrogens with two attached hydrogens (primary N) is 2. The highest BCUT2D eigenvalue weighted by atomic mass is 16.4. The average Bonchev–Trinajstić information content (AvgIpc) is 2.56. The van der Waals surface area contributed by atoms with Crippen LogP contribution in [-0.4, -0.2) is 59.4 Å². The zero-order chi connectivity index (χ0) is 22.0. The van der Waals surface area contributed by atoms with Gasteiger partial charge in [0, 0.05) is 0 Å². The third-order valence-corrected chi connectivity index (χ3v) is 3.82. The van der Waals surface area contributed by atoms with E-state index >= 15 is 0 Å². The minimum Gasteiger partial charge on any atom is -0.480 e. The van der Waals surface area contributed by atoms with E-state index in [1.165, 1.54) is 0 Å². The van der Waals surface area contributed by atoms with Gasteiger partial charge >= 0.3 is 5.97 Å². The van der Waals surface area contributed by atoms with Crippen molar-refractivity contribution in [3.8, 4) is 0 Å². The van der Waals surface area contributed by atoms with Crippen LogP contribution in [0.4, 0.5) is 0 Å². The number of hydrogen-bond acceptors (Lipinski definition) is 6. The number of primary amides is 1. The first-order chi connectivity index (χ1) is 12.8. The Morgan fingerprint density at radius 2 is 1.50 bits per heavy atom. The number of carboxylic acid groups (broad SMARTS) is 1. The lowest BCUT2D eigenvalue weighted by Crippen LogP contribution is -2.54. The zero-order valence-corrected chi connectivity index (χ0v) is 16.7. The highest BCUT2D eigenvalue weighted by Crippen LogP contribution is 2.07. The van der Waals surface area contributed by atoms with E-state index in [1.54, 1.807) is 13.8 Å². The summed E-state index contributed by atoms with van der Waals surface area (Å²) in [5, 5.41) is 16.0. The third-order valence-electron chi connectivity index (χ3n) is 3.82. The standard InChI is InChI=1S/C17H31N5O6/c1-8(2)5-10(22-16(26)14(19)9(3)4)15(25)20-7-13(24)21-11(17(27)28)6-12(18)23/h8-11,14H,5-7,19H2,1-4H3,(H2,18,23)(H,20,25)(H,21,24)(H,22,26)(H,27,28). The number of amides is 4. The monoisotopic (exact) mass is 401 g/mol. The van der Waals surface area contributed by atoms with Gasteiger partial charge in [-0.05, 0) is 18.3 Å². The minimum absolute atomic E-state index is 0.0760. The van der Waals surface area contributed by atoms with E-state index in [9.17, 15) is 24.0 Å². The Morgan fingerprint density at radius 1 is 0.929 bits per heavy atom. The summed E-state index contributed by atoms with van der Waals surface area (Å²) in [5.74, 6) is -4.25. The van der Waals surface area contributed by atoms with Crippen molar-refractivity contribution in [2.45, 2.75) is 58.7 Å². The molecule has 0 rings (SSSR count). The maximum atomic E-state index is 12.4. The molecular weight excluding hydrogens is 370 g/mol. The van der Waals surface area contributed by atoms with Crippen LogP contribution in [0.3, 0.4) is 0 Å². The molecule has 0 saturated heterocycles. The van der Waals surface area contributed by atoms with Gasteiger partial charge in [0.25, 0.3) is 0 Å². The van der Waals surface area contributed by atoms with Gasteiger partial charge in [-0.3, -0.25) is 19.2 Å². The van der Waals surface area contributed by atoms with Crippen molar-refractivity contribution in [1.29, 1.82) is 0 Å². The van der Waals surface area contributed by atoms with Crippen molar-refractivity contribution in [1.82, 2.24) is 16.0 Å². The summed E-state index contributed by atoms with van der Waals surface area (Å²) in [6.07, 6.45) is -0.252. The molecule has 0 aromatic rings. The Bertz CT molecular complexity index is 593. The smallest absolute Gasteiger partial charge is 0.326 e. The van der Waals surface area contributed by atoms with Gasteiger partial charge in [0.2, 0.25) is 23.6 Å². The van der Waals surface area contributed by atoms with Gasteiger partial charge in [-0.2, -0.15) is 0 Å². The molecule has 0 fully saturated rings. The largest absolute Gasteiger partial charge is 0.480 e. The molecule has 0 aliphatic carbocycles. The maximum absolute atomic E-state index is 12.4. The second-order valence-corrected chi connectivity index (χ2v) is 7.31. The van der Waals surface area contributed by atoms with Gasteiger partial charge in [0.05, 0.1) is 19.0 Å². The molecule has 3 atom stereocenters. The van der Waals surface area contributed by atoms with Crippen LogP contribution in [-0.2, 0) is 24.0 Å². The van der Waals surface area contributed by atoms with Gasteiger partial charge in [0.1, 0.15) is 12.1 Å². The van der Waals surface area contributed by atoms with Gasteiger partial charge in [0.15, 0.2) is 0 Å². The topological polar surface area (TPSA) is 194 Å². The lowest BCUT2D eigenvalue weighted by atomic mass is 10.0. The molecule has 28 heavy (non-hydrogen) atoms. The lowest BCUT2D eigenvalue weighted by molar-refractivity contribution is -0.143. The van der Waals surface area contributed by atoms with E-state index in [4.69, 9.17) is 16.6 Å². The fourth-order valence-electron chi connectivity index (χ4n) is 2.21. The minimum atomic E-state index is -1.49. The first-order valence-electron chi connectivity index (χ1n) is 8.99. The maximum Gasteiger partial charge on any atom is 0.326 e. The van der Waals surface area contributed by atoms with Crippen LogP contribution in [0, 0.1) is 11.8 Å². The first kappa shape index (κ1) is 25.3. The summed E-state index contributed by atoms with van der Waals surface area (Å²) in [7, 11) is 0. The SMILES string of the molecule is CC(C)CC(NC(=O)C(N)C(C)C)C(=O)NCC(=O)NC(CC(N)=O)C(=O)O. The predicted octanol–water partition coefficient (Wildman–Crippen LogP) is -1.94. The second kappa shape index (κ2) is 11.9. The number of rotatable bonds is 12. The highest BCUT2D eigenvalue weighted by Gasteiger charge is 2.27. The second-order valence-electron chi connectivity index (χ2n) is 7.31. The molecule has 0 bridgehead atoms. The van der Waals surface area contributed by atoms with Crippen molar-refractivity contribution in [2.75, 3.05) is 6.54 Å². The van der Waals surface area contributed by atoms with Crippen molar-refractivity contribution in [3.05, 3.63) is 0 Å². The summed E-state index contributed by atoms with van der Waals surface area (Å²) >= 11 is 0. The van der Waals surface area contributed by atoms with Gasteiger partial charge < -0.3 is 32.5 Å². The normalized spacial score (nSPS) is 14.1. The molecule has 4 amide bonds. The predicted molar refractivity (Wildman–Crippen MR) is 101 cm³/mol. The molecule has 0 aromatic carbocycles. The molecular formula is C17H31N5O6. The van der Waals surface area contributed by atoms with Crippen LogP contribution in [0.2, 0.25) is 0 Å². The lowest BCUT2D eigenvalue weighted by Gasteiger charge is -2.23. The fourth-order valence-corrected chi connectivity index (χ4v) is 2.21. The van der Waals surface area contributed by atoms with Crippen LogP contribution < -0.4 is 27.4 Å². The van der Waals surface area contributed by atoms with E-state index in [0.29, 0.717) is 6.42 Å². The van der Waals surface area contributed by atoms with Gasteiger partial charge in [-0.15, -0.1) is 0 Å². The summed E-state index contributed by atoms with van der Waals surface area (Å²) < 4.78 is 0. The van der Waals surface area contributed by atoms with Crippen molar-refractivity contribution < 1.29 is 29.1 Å². The quantitative estimate of drug-likeness (QED) is 0.219. The van der Waals surface area contributed by atoms with Crippen molar-refractivity contribution in [2.24, 2.45) is 23.3 Å². The fraction of sp³-hybridized carbons (Fsp3) is 0.706. The number of nitrogens with one attached hydrogen (secondary N) is 3. The van der Waals surface area contributed by atoms with Crippen LogP contribution in [0.1, 0.15) is 40.5 Å².